The number of methoxy groups -OCH3 is 1. The standard InChI is InChI=1S/C22H25N3O2/c1-25(2)14-13-18-19(22(23)26)21(15-7-5-4-6-8-15)24-20(18)16-9-11-17(27-3)12-10-16/h4-12,24H,13-14H2,1-3H3,(H2,23,26). The SMILES string of the molecule is COc1ccc(-c2[nH]c(-c3ccccc3)c(C(N)=O)c2CCN(C)C)cc1. The minimum absolute atomic E-state index is 0.418. The first kappa shape index (κ1) is 18.7. The van der Waals surface area contributed by atoms with Crippen molar-refractivity contribution in [1.29, 1.82) is 0 Å². The Labute approximate surface area is 159 Å². The second-order valence-corrected chi connectivity index (χ2v) is 6.74. The van der Waals surface area contributed by atoms with E-state index in [9.17, 15) is 4.79 Å². The Balaban J connectivity index is 2.19. The molecule has 0 atom stereocenters. The molecule has 1 heterocycles. The Morgan fingerprint density at radius 1 is 1.00 bits per heavy atom. The number of carbonyl (C=O) groups is 1. The van der Waals surface area contributed by atoms with Crippen LogP contribution in [0.5, 0.6) is 5.75 Å². The van der Waals surface area contributed by atoms with Crippen molar-refractivity contribution in [2.24, 2.45) is 5.73 Å². The Kier molecular flexibility index (Phi) is 5.62. The predicted molar refractivity (Wildman–Crippen MR) is 109 cm³/mol. The normalized spacial score (nSPS) is 11.0. The van der Waals surface area contributed by atoms with Crippen LogP contribution >= 0.6 is 0 Å². The van der Waals surface area contributed by atoms with Gasteiger partial charge in [0.2, 0.25) is 0 Å². The average Bonchev–Trinajstić information content (AvgIpc) is 3.07. The number of hydrogen-bond acceptors (Lipinski definition) is 3. The molecule has 0 aliphatic heterocycles. The van der Waals surface area contributed by atoms with E-state index in [4.69, 9.17) is 10.5 Å². The van der Waals surface area contributed by atoms with Crippen LogP contribution in [0.3, 0.4) is 0 Å². The molecule has 0 aliphatic carbocycles. The van der Waals surface area contributed by atoms with E-state index in [2.05, 4.69) is 9.88 Å². The van der Waals surface area contributed by atoms with Gasteiger partial charge in [-0.3, -0.25) is 4.79 Å². The number of nitrogens with one attached hydrogen (secondary N) is 1. The molecule has 0 saturated heterocycles. The van der Waals surface area contributed by atoms with Gasteiger partial charge in [-0.05, 0) is 61.5 Å². The van der Waals surface area contributed by atoms with Crippen LogP contribution in [0.15, 0.2) is 54.6 Å². The molecule has 1 aromatic heterocycles. The Morgan fingerprint density at radius 3 is 2.19 bits per heavy atom. The van der Waals surface area contributed by atoms with Gasteiger partial charge in [-0.2, -0.15) is 0 Å². The summed E-state index contributed by atoms with van der Waals surface area (Å²) in [5.74, 6) is 0.372. The largest absolute Gasteiger partial charge is 0.497 e. The molecular weight excluding hydrogens is 338 g/mol. The van der Waals surface area contributed by atoms with E-state index < -0.39 is 5.91 Å². The van der Waals surface area contributed by atoms with E-state index in [1.807, 2.05) is 68.7 Å². The fraction of sp³-hybridized carbons (Fsp3) is 0.227. The van der Waals surface area contributed by atoms with Crippen LogP contribution in [0.2, 0.25) is 0 Å². The number of ether oxygens (including phenoxy) is 1. The monoisotopic (exact) mass is 363 g/mol. The molecule has 1 amide bonds. The number of likely N-dealkylation sites (N-methyl/N-ethyl adjacent to an activating group) is 1. The third-order valence-corrected chi connectivity index (χ3v) is 4.60. The van der Waals surface area contributed by atoms with Gasteiger partial charge in [-0.1, -0.05) is 30.3 Å². The maximum atomic E-state index is 12.4. The van der Waals surface area contributed by atoms with Crippen molar-refractivity contribution in [3.8, 4) is 28.3 Å². The summed E-state index contributed by atoms with van der Waals surface area (Å²) in [4.78, 5) is 17.9. The van der Waals surface area contributed by atoms with Gasteiger partial charge in [-0.15, -0.1) is 0 Å². The molecule has 0 unspecified atom stereocenters. The number of hydrogen-bond donors (Lipinski definition) is 2. The highest BCUT2D eigenvalue weighted by atomic mass is 16.5. The van der Waals surface area contributed by atoms with Crippen molar-refractivity contribution >= 4 is 5.91 Å². The molecule has 0 fully saturated rings. The lowest BCUT2D eigenvalue weighted by molar-refractivity contribution is 0.1000. The second-order valence-electron chi connectivity index (χ2n) is 6.74. The van der Waals surface area contributed by atoms with Crippen molar-refractivity contribution in [1.82, 2.24) is 9.88 Å². The number of nitrogens with zero attached hydrogens (tertiary/aromatic N) is 1. The third-order valence-electron chi connectivity index (χ3n) is 4.60. The van der Waals surface area contributed by atoms with Crippen LogP contribution in [0.1, 0.15) is 15.9 Å². The quantitative estimate of drug-likeness (QED) is 0.674. The van der Waals surface area contributed by atoms with Crippen LogP contribution in [0, 0.1) is 0 Å². The lowest BCUT2D eigenvalue weighted by Gasteiger charge is -2.12. The molecular formula is C22H25N3O2. The fourth-order valence-electron chi connectivity index (χ4n) is 3.22. The number of amides is 1. The first-order chi connectivity index (χ1) is 13.0. The minimum atomic E-state index is -0.418. The first-order valence-corrected chi connectivity index (χ1v) is 8.90. The topological polar surface area (TPSA) is 71.3 Å². The molecule has 2 aromatic carbocycles. The number of H-pyrrole nitrogens is 1. The molecule has 3 N–H and O–H groups in total. The molecule has 27 heavy (non-hydrogen) atoms. The summed E-state index contributed by atoms with van der Waals surface area (Å²) in [6.45, 7) is 0.815. The van der Waals surface area contributed by atoms with Gasteiger partial charge in [0.1, 0.15) is 5.75 Å². The summed E-state index contributed by atoms with van der Waals surface area (Å²) in [6.07, 6.45) is 0.718. The zero-order chi connectivity index (χ0) is 19.4. The number of aromatic nitrogens is 1. The van der Waals surface area contributed by atoms with E-state index in [1.54, 1.807) is 7.11 Å². The highest BCUT2D eigenvalue weighted by Crippen LogP contribution is 2.34. The van der Waals surface area contributed by atoms with Crippen LogP contribution < -0.4 is 10.5 Å². The number of benzene rings is 2. The second kappa shape index (κ2) is 8.10. The van der Waals surface area contributed by atoms with Crippen molar-refractivity contribution < 1.29 is 9.53 Å². The summed E-state index contributed by atoms with van der Waals surface area (Å²) in [5.41, 5.74) is 10.9. The number of carbonyl (C=O) groups excluding carboxylic acids is 1. The Hall–Kier alpha value is -3.05. The zero-order valence-corrected chi connectivity index (χ0v) is 16.0. The number of primary amides is 1. The van der Waals surface area contributed by atoms with E-state index in [-0.39, 0.29) is 0 Å². The third kappa shape index (κ3) is 4.04. The summed E-state index contributed by atoms with van der Waals surface area (Å²) >= 11 is 0. The van der Waals surface area contributed by atoms with Gasteiger partial charge in [0.15, 0.2) is 0 Å². The van der Waals surface area contributed by atoms with Gasteiger partial charge in [0.25, 0.3) is 5.91 Å². The lowest BCUT2D eigenvalue weighted by atomic mass is 9.98. The highest BCUT2D eigenvalue weighted by Gasteiger charge is 2.23. The van der Waals surface area contributed by atoms with Crippen molar-refractivity contribution in [2.75, 3.05) is 27.7 Å². The van der Waals surface area contributed by atoms with E-state index in [0.717, 1.165) is 46.8 Å². The Morgan fingerprint density at radius 2 is 1.63 bits per heavy atom. The molecule has 0 bridgehead atoms. The maximum Gasteiger partial charge on any atom is 0.251 e. The van der Waals surface area contributed by atoms with Gasteiger partial charge in [0.05, 0.1) is 18.4 Å². The molecule has 140 valence electrons. The van der Waals surface area contributed by atoms with Crippen molar-refractivity contribution in [3.63, 3.8) is 0 Å². The summed E-state index contributed by atoms with van der Waals surface area (Å²) in [5, 5.41) is 0. The lowest BCUT2D eigenvalue weighted by Crippen LogP contribution is -2.18. The van der Waals surface area contributed by atoms with Gasteiger partial charge in [-0.25, -0.2) is 0 Å². The zero-order valence-electron chi connectivity index (χ0n) is 16.0. The van der Waals surface area contributed by atoms with E-state index in [0.29, 0.717) is 5.56 Å². The van der Waals surface area contributed by atoms with Gasteiger partial charge < -0.3 is 20.4 Å². The first-order valence-electron chi connectivity index (χ1n) is 8.90. The highest BCUT2D eigenvalue weighted by molar-refractivity contribution is 6.03. The molecule has 5 nitrogen and oxygen atoms in total. The van der Waals surface area contributed by atoms with Gasteiger partial charge >= 0.3 is 0 Å². The predicted octanol–water partition coefficient (Wildman–Crippen LogP) is 3.56. The fourth-order valence-corrected chi connectivity index (χ4v) is 3.22. The summed E-state index contributed by atoms with van der Waals surface area (Å²) in [7, 11) is 5.67. The van der Waals surface area contributed by atoms with Crippen LogP contribution in [-0.2, 0) is 6.42 Å². The molecule has 0 aliphatic rings. The van der Waals surface area contributed by atoms with Crippen LogP contribution in [-0.4, -0.2) is 43.5 Å². The maximum absolute atomic E-state index is 12.4. The molecule has 0 spiro atoms. The summed E-state index contributed by atoms with van der Waals surface area (Å²) in [6, 6.07) is 17.6. The van der Waals surface area contributed by atoms with Crippen LogP contribution in [0.4, 0.5) is 0 Å². The molecule has 3 rings (SSSR count). The van der Waals surface area contributed by atoms with Gasteiger partial charge in [0, 0.05) is 12.2 Å². The number of rotatable bonds is 7. The van der Waals surface area contributed by atoms with E-state index >= 15 is 0 Å². The number of nitrogens with two attached hydrogens (primary N) is 1. The molecule has 0 saturated carbocycles. The number of aromatic amines is 1. The average molecular weight is 363 g/mol. The Bertz CT molecular complexity index is 913. The van der Waals surface area contributed by atoms with Crippen LogP contribution in [0.25, 0.3) is 22.5 Å². The minimum Gasteiger partial charge on any atom is -0.497 e. The molecule has 3 aromatic rings. The molecule has 5 heteroatoms. The van der Waals surface area contributed by atoms with E-state index in [1.165, 1.54) is 0 Å². The smallest absolute Gasteiger partial charge is 0.251 e. The van der Waals surface area contributed by atoms with Crippen molar-refractivity contribution in [2.45, 2.75) is 6.42 Å². The molecule has 0 radical (unpaired) electrons. The van der Waals surface area contributed by atoms with Crippen molar-refractivity contribution in [3.05, 3.63) is 65.7 Å². The summed E-state index contributed by atoms with van der Waals surface area (Å²) < 4.78 is 5.26.